The van der Waals surface area contributed by atoms with E-state index >= 15 is 0 Å². The number of ether oxygens (including phenoxy) is 1. The van der Waals surface area contributed by atoms with Crippen LogP contribution < -0.4 is 10.1 Å². The van der Waals surface area contributed by atoms with Crippen molar-refractivity contribution in [1.82, 2.24) is 20.4 Å². The van der Waals surface area contributed by atoms with E-state index in [2.05, 4.69) is 15.5 Å². The third-order valence-electron chi connectivity index (χ3n) is 5.02. The average Bonchev–Trinajstić information content (AvgIpc) is 3.50. The van der Waals surface area contributed by atoms with Crippen molar-refractivity contribution in [2.45, 2.75) is 6.54 Å². The highest BCUT2D eigenvalue weighted by atomic mass is 32.1. The van der Waals surface area contributed by atoms with Gasteiger partial charge in [0.15, 0.2) is 5.58 Å². The van der Waals surface area contributed by atoms with Crippen LogP contribution in [0.3, 0.4) is 0 Å². The number of carbonyl (C=O) groups excluding carboxylic acids is 1. The van der Waals surface area contributed by atoms with E-state index in [4.69, 9.17) is 14.2 Å². The molecule has 0 unspecified atom stereocenters. The maximum Gasteiger partial charge on any atom is 0.251 e. The number of methoxy groups -OCH3 is 1. The zero-order chi connectivity index (χ0) is 21.9. The van der Waals surface area contributed by atoms with Gasteiger partial charge in [-0.3, -0.25) is 9.78 Å². The Morgan fingerprint density at radius 2 is 1.91 bits per heavy atom. The Morgan fingerprint density at radius 3 is 2.69 bits per heavy atom. The first-order chi connectivity index (χ1) is 15.7. The molecular weight excluding hydrogens is 424 g/mol. The second kappa shape index (κ2) is 8.60. The van der Waals surface area contributed by atoms with Gasteiger partial charge in [-0.25, -0.2) is 4.98 Å². The monoisotopic (exact) mass is 442 g/mol. The Bertz CT molecular complexity index is 1380. The Morgan fingerprint density at radius 1 is 1.09 bits per heavy atom. The average molecular weight is 443 g/mol. The molecular formula is C24H18N4O3S. The number of thiazole rings is 1. The molecule has 0 aliphatic heterocycles. The molecule has 0 atom stereocenters. The number of nitrogens with one attached hydrogen (secondary N) is 1. The molecule has 0 aliphatic rings. The fraction of sp³-hybridized carbons (Fsp3) is 0.0833. The minimum absolute atomic E-state index is 0.173. The van der Waals surface area contributed by atoms with E-state index in [1.807, 2.05) is 41.8 Å². The number of rotatable bonds is 6. The van der Waals surface area contributed by atoms with Crippen LogP contribution in [0.5, 0.6) is 5.75 Å². The van der Waals surface area contributed by atoms with Gasteiger partial charge in [-0.05, 0) is 60.2 Å². The molecule has 1 amide bonds. The largest absolute Gasteiger partial charge is 0.497 e. The van der Waals surface area contributed by atoms with Crippen LogP contribution in [0, 0.1) is 0 Å². The maximum atomic E-state index is 12.7. The van der Waals surface area contributed by atoms with Crippen molar-refractivity contribution in [3.8, 4) is 27.7 Å². The lowest BCUT2D eigenvalue weighted by molar-refractivity contribution is 0.0951. The zero-order valence-electron chi connectivity index (χ0n) is 17.1. The Kier molecular flexibility index (Phi) is 5.35. The standard InChI is InChI=1S/C24H18N4O3S/c1-30-18-5-2-16(3-6-18)24-27-20(14-32-24)22-19-12-17(4-7-21(19)31-28-22)23(29)26-13-15-8-10-25-11-9-15/h2-12,14H,13H2,1H3,(H,26,29). The molecule has 0 fully saturated rings. The molecule has 0 saturated heterocycles. The molecule has 0 spiro atoms. The van der Waals surface area contributed by atoms with Crippen LogP contribution in [0.15, 0.2) is 76.9 Å². The quantitative estimate of drug-likeness (QED) is 0.400. The van der Waals surface area contributed by atoms with Crippen molar-refractivity contribution in [3.05, 3.63) is 83.5 Å². The predicted molar refractivity (Wildman–Crippen MR) is 123 cm³/mol. The summed E-state index contributed by atoms with van der Waals surface area (Å²) < 4.78 is 10.7. The lowest BCUT2D eigenvalue weighted by Crippen LogP contribution is -2.22. The highest BCUT2D eigenvalue weighted by Gasteiger charge is 2.17. The van der Waals surface area contributed by atoms with E-state index in [0.29, 0.717) is 29.1 Å². The van der Waals surface area contributed by atoms with Crippen molar-refractivity contribution in [2.75, 3.05) is 7.11 Å². The second-order valence-corrected chi connectivity index (χ2v) is 7.90. The van der Waals surface area contributed by atoms with Gasteiger partial charge in [0.25, 0.3) is 5.91 Å². The molecule has 32 heavy (non-hydrogen) atoms. The maximum absolute atomic E-state index is 12.7. The SMILES string of the molecule is COc1ccc(-c2nc(-c3noc4ccc(C(=O)NCc5ccncc5)cc34)cs2)cc1. The summed E-state index contributed by atoms with van der Waals surface area (Å²) in [6.07, 6.45) is 3.40. The van der Waals surface area contributed by atoms with Crippen LogP contribution >= 0.6 is 11.3 Å². The molecule has 3 aromatic heterocycles. The van der Waals surface area contributed by atoms with Gasteiger partial charge in [0.1, 0.15) is 22.1 Å². The highest BCUT2D eigenvalue weighted by Crippen LogP contribution is 2.33. The summed E-state index contributed by atoms with van der Waals surface area (Å²) in [6, 6.07) is 16.7. The number of aromatic nitrogens is 3. The smallest absolute Gasteiger partial charge is 0.251 e. The summed E-state index contributed by atoms with van der Waals surface area (Å²) in [7, 11) is 1.64. The number of nitrogens with zero attached hydrogens (tertiary/aromatic N) is 3. The molecule has 158 valence electrons. The Hall–Kier alpha value is -4.04. The number of fused-ring (bicyclic) bond motifs is 1. The van der Waals surface area contributed by atoms with Gasteiger partial charge in [0, 0.05) is 35.4 Å². The van der Waals surface area contributed by atoms with Crippen LogP contribution in [-0.2, 0) is 6.54 Å². The molecule has 7 nitrogen and oxygen atoms in total. The molecule has 2 aromatic carbocycles. The summed E-state index contributed by atoms with van der Waals surface area (Å²) >= 11 is 1.52. The summed E-state index contributed by atoms with van der Waals surface area (Å²) in [5.41, 5.74) is 4.42. The lowest BCUT2D eigenvalue weighted by atomic mass is 10.1. The van der Waals surface area contributed by atoms with Gasteiger partial charge in [-0.1, -0.05) is 5.16 Å². The zero-order valence-corrected chi connectivity index (χ0v) is 17.9. The molecule has 0 bridgehead atoms. The van der Waals surface area contributed by atoms with Crippen molar-refractivity contribution >= 4 is 28.2 Å². The normalized spacial score (nSPS) is 10.9. The predicted octanol–water partition coefficient (Wildman–Crippen LogP) is 4.95. The van der Waals surface area contributed by atoms with Crippen molar-refractivity contribution in [1.29, 1.82) is 0 Å². The number of hydrogen-bond donors (Lipinski definition) is 1. The number of carbonyl (C=O) groups is 1. The number of hydrogen-bond acceptors (Lipinski definition) is 7. The molecule has 0 aliphatic carbocycles. The Labute approximate surface area is 187 Å². The van der Waals surface area contributed by atoms with Gasteiger partial charge < -0.3 is 14.6 Å². The van der Waals surface area contributed by atoms with Crippen LogP contribution in [0.4, 0.5) is 0 Å². The van der Waals surface area contributed by atoms with Crippen LogP contribution in [0.25, 0.3) is 32.9 Å². The summed E-state index contributed by atoms with van der Waals surface area (Å²) in [5, 5.41) is 10.7. The molecule has 8 heteroatoms. The minimum atomic E-state index is -0.173. The van der Waals surface area contributed by atoms with Gasteiger partial charge in [-0.15, -0.1) is 11.3 Å². The number of pyridine rings is 1. The van der Waals surface area contributed by atoms with Crippen LogP contribution in [-0.4, -0.2) is 28.1 Å². The van der Waals surface area contributed by atoms with Crippen molar-refractivity contribution in [2.24, 2.45) is 0 Å². The van der Waals surface area contributed by atoms with E-state index in [9.17, 15) is 4.79 Å². The third kappa shape index (κ3) is 3.95. The van der Waals surface area contributed by atoms with E-state index in [0.717, 1.165) is 27.3 Å². The van der Waals surface area contributed by atoms with Gasteiger partial charge in [-0.2, -0.15) is 0 Å². The Balaban J connectivity index is 1.40. The van der Waals surface area contributed by atoms with Crippen molar-refractivity contribution < 1.29 is 14.1 Å². The molecule has 3 heterocycles. The first kappa shape index (κ1) is 19.9. The fourth-order valence-corrected chi connectivity index (χ4v) is 4.11. The second-order valence-electron chi connectivity index (χ2n) is 7.05. The van der Waals surface area contributed by atoms with Crippen molar-refractivity contribution in [3.63, 3.8) is 0 Å². The van der Waals surface area contributed by atoms with E-state index in [1.165, 1.54) is 11.3 Å². The first-order valence-electron chi connectivity index (χ1n) is 9.88. The molecule has 1 N–H and O–H groups in total. The van der Waals surface area contributed by atoms with Gasteiger partial charge in [0.05, 0.1) is 12.5 Å². The lowest BCUT2D eigenvalue weighted by Gasteiger charge is -2.05. The summed E-state index contributed by atoms with van der Waals surface area (Å²) in [5.74, 6) is 0.621. The van der Waals surface area contributed by atoms with E-state index in [1.54, 1.807) is 37.7 Å². The van der Waals surface area contributed by atoms with Crippen LogP contribution in [0.2, 0.25) is 0 Å². The van der Waals surface area contributed by atoms with Gasteiger partial charge in [0.2, 0.25) is 0 Å². The first-order valence-corrected chi connectivity index (χ1v) is 10.8. The topological polar surface area (TPSA) is 90.1 Å². The van der Waals surface area contributed by atoms with Gasteiger partial charge >= 0.3 is 0 Å². The number of benzene rings is 2. The number of amides is 1. The fourth-order valence-electron chi connectivity index (χ4n) is 3.30. The molecule has 0 radical (unpaired) electrons. The van der Waals surface area contributed by atoms with E-state index in [-0.39, 0.29) is 5.91 Å². The molecule has 0 saturated carbocycles. The highest BCUT2D eigenvalue weighted by molar-refractivity contribution is 7.13. The minimum Gasteiger partial charge on any atom is -0.497 e. The molecule has 5 rings (SSSR count). The molecule has 5 aromatic rings. The third-order valence-corrected chi connectivity index (χ3v) is 5.91. The van der Waals surface area contributed by atoms with E-state index < -0.39 is 0 Å². The summed E-state index contributed by atoms with van der Waals surface area (Å²) in [4.78, 5) is 21.4. The van der Waals surface area contributed by atoms with Crippen LogP contribution in [0.1, 0.15) is 15.9 Å². The summed E-state index contributed by atoms with van der Waals surface area (Å²) in [6.45, 7) is 0.424.